The molecule has 43 heteroatoms. The molecule has 0 atom stereocenters. The van der Waals surface area contributed by atoms with Gasteiger partial charge in [-0.2, -0.15) is 76.8 Å². The Morgan fingerprint density at radius 1 is 0.336 bits per heavy atom. The second-order valence-corrected chi connectivity index (χ2v) is 37.1. The van der Waals surface area contributed by atoms with E-state index < -0.39 is 99.8 Å². The first-order chi connectivity index (χ1) is 62.2. The maximum absolute atomic E-state index is 13.1. The summed E-state index contributed by atoms with van der Waals surface area (Å²) in [5.74, 6) is -1.58. The quantitative estimate of drug-likeness (QED) is 0.0102. The van der Waals surface area contributed by atoms with Crippen LogP contribution in [0.15, 0.2) is 402 Å². The lowest BCUT2D eigenvalue weighted by atomic mass is 10.0. The lowest BCUT2D eigenvalue weighted by Gasteiger charge is -2.12. The Morgan fingerprint density at radius 3 is 0.893 bits per heavy atom. The normalized spacial score (nSPS) is 12.6. The third kappa shape index (κ3) is 33.3. The van der Waals surface area contributed by atoms with Gasteiger partial charge in [-0.15, -0.1) is 0 Å². The average Bonchev–Trinajstić information content (AvgIpc) is 0.965. The molecule has 0 aliphatic carbocycles. The predicted molar refractivity (Wildman–Crippen MR) is 475 cm³/mol. The number of benzene rings is 11. The van der Waals surface area contributed by atoms with Crippen LogP contribution in [0.1, 0.15) is 96.0 Å². The van der Waals surface area contributed by atoms with Crippen molar-refractivity contribution in [2.45, 2.75) is 70.8 Å². The van der Waals surface area contributed by atoms with Crippen LogP contribution in [-0.2, 0) is 103 Å². The van der Waals surface area contributed by atoms with Crippen molar-refractivity contribution in [3.05, 3.63) is 402 Å². The zero-order valence-electron chi connectivity index (χ0n) is 69.5. The van der Waals surface area contributed by atoms with Gasteiger partial charge in [0, 0.05) is 45.1 Å². The number of carbonyl (C=O) groups is 1. The molecule has 12 aromatic rings. The molecule has 0 fully saturated rings. The van der Waals surface area contributed by atoms with Crippen molar-refractivity contribution in [2.24, 2.45) is 30.9 Å². The first-order valence-corrected chi connectivity index (χ1v) is 48.4. The smallest absolute Gasteiger partial charge is 0.741 e. The van der Waals surface area contributed by atoms with Crippen molar-refractivity contribution in [3.63, 3.8) is 0 Å². The third-order valence-electron chi connectivity index (χ3n) is 16.6. The lowest BCUT2D eigenvalue weighted by Crippen LogP contribution is -2.32. The van der Waals surface area contributed by atoms with E-state index in [1.54, 1.807) is 225 Å². The molecule has 686 valence electrons. The molecule has 30 nitrogen and oxygen atoms in total. The minimum Gasteiger partial charge on any atom is -0.741 e. The number of unbranched alkanes of at least 4 members (excludes halogenated alkanes) is 2. The number of hydrogen-bond donors (Lipinski definition) is 1. The maximum Gasteiger partial charge on any atom is 1.00 e. The Balaban J connectivity index is 0.000000235. The van der Waals surface area contributed by atoms with E-state index in [0.717, 1.165) is 18.2 Å². The highest BCUT2D eigenvalue weighted by Crippen LogP contribution is 2.31. The number of carbonyl (C=O) groups excluding carboxylic acids is 1. The van der Waals surface area contributed by atoms with Crippen LogP contribution in [0.2, 0.25) is 0 Å². The highest BCUT2D eigenvalue weighted by molar-refractivity contribution is 7.88. The number of amides is 1. The topological polar surface area (TPSA) is 434 Å². The summed E-state index contributed by atoms with van der Waals surface area (Å²) in [5.41, 5.74) is -3.32. The summed E-state index contributed by atoms with van der Waals surface area (Å²) in [7, 11) is -30.8. The van der Waals surface area contributed by atoms with Gasteiger partial charge in [0.1, 0.15) is 48.1 Å². The number of pyridine rings is 1. The van der Waals surface area contributed by atoms with Crippen molar-refractivity contribution in [3.8, 4) is 0 Å². The zero-order chi connectivity index (χ0) is 95.2. The lowest BCUT2D eigenvalue weighted by molar-refractivity contribution is -0.137. The van der Waals surface area contributed by atoms with Crippen molar-refractivity contribution >= 4 is 111 Å². The second kappa shape index (κ2) is 48.5. The number of nitrogens with zero attached hydrogens (tertiary/aromatic N) is 7. The van der Waals surface area contributed by atoms with E-state index in [-0.39, 0.29) is 66.5 Å². The molecule has 0 bridgehead atoms. The van der Waals surface area contributed by atoms with Gasteiger partial charge < -0.3 is 9.87 Å². The SMILES string of the molecule is CCCCS(=O)(=O)O/N=C(\C(=N/OS(=O)(=O)CCCC)c1ccccc1)c1ccccc1.O=C(N/C(=N\OS(=O)(=O)c1ccccc1)c1cccc(C(F)(F)F)c1)c1ccccc1.O=S(=O)(O/N=C(\C(=N/OS(=O)(=O)c1ccccc1)c1ccccc1)c1ccccc1)c1ccccc1.O=S(=O)(O/N=C(\c1ccccc1)c1ccccn1)c1ccccc1.O=S(=O)([O-])C(F)(F)F.[H+]. The summed E-state index contributed by atoms with van der Waals surface area (Å²) < 4.78 is 277. The minimum absolute atomic E-state index is 0. The number of rotatable bonds is 32. The van der Waals surface area contributed by atoms with E-state index in [9.17, 15) is 81.6 Å². The zero-order valence-corrected chi connectivity index (χ0v) is 74.2. The van der Waals surface area contributed by atoms with Gasteiger partial charge in [-0.05, 0) is 103 Å². The fourth-order valence-corrected chi connectivity index (χ4v) is 15.0. The summed E-state index contributed by atoms with van der Waals surface area (Å²) in [4.78, 5) is 16.4. The molecular formula is C88H78F6N8O22S7. The number of alkyl halides is 6. The van der Waals surface area contributed by atoms with Crippen molar-refractivity contribution in [1.82, 2.24) is 10.3 Å². The van der Waals surface area contributed by atoms with Crippen LogP contribution in [0.4, 0.5) is 26.3 Å². The molecule has 0 aliphatic heterocycles. The van der Waals surface area contributed by atoms with Crippen LogP contribution in [0, 0.1) is 0 Å². The molecule has 0 spiro atoms. The third-order valence-corrected chi connectivity index (χ3v) is 23.9. The molecule has 12 rings (SSSR count). The van der Waals surface area contributed by atoms with Crippen LogP contribution in [0.5, 0.6) is 0 Å². The molecule has 1 aromatic heterocycles. The first kappa shape index (κ1) is 102. The fourth-order valence-electron chi connectivity index (χ4n) is 10.2. The van der Waals surface area contributed by atoms with E-state index in [2.05, 4.69) is 45.5 Å². The summed E-state index contributed by atoms with van der Waals surface area (Å²) >= 11 is 0. The van der Waals surface area contributed by atoms with Gasteiger partial charge in [0.05, 0.1) is 22.8 Å². The molecule has 0 saturated heterocycles. The van der Waals surface area contributed by atoms with Crippen molar-refractivity contribution in [1.29, 1.82) is 0 Å². The number of hydrogen-bond acceptors (Lipinski definition) is 29. The Labute approximate surface area is 753 Å². The Hall–Kier alpha value is -14.0. The molecule has 0 radical (unpaired) electrons. The molecule has 131 heavy (non-hydrogen) atoms. The highest BCUT2D eigenvalue weighted by atomic mass is 32.2. The van der Waals surface area contributed by atoms with Crippen molar-refractivity contribution < 1.29 is 122 Å². The standard InChI is InChI=1S/C26H20N2O6S2.C22H28N2O6S2.C21H15F3N2O4S.C18H14N2O3S.CHF3O3S/c29-35(30,23-17-9-3-10-18-23)33-27-25(21-13-5-1-6-14-21)26(22-15-7-2-8-16-22)28-34-36(31,32)24-19-11-4-12-20-24;1-3-5-17-31(25,26)29-23-21(19-13-9-7-10-14-19)22(20-15-11-8-12-16-20)24-30-32(27,28)18-6-4-2;22-21(23,24)17-11-7-10-16(14-17)19(25-20(27)15-8-3-1-4-9-15)26-30-31(28,29)18-12-5-2-6-13-18;21-24(22,16-11-5-2-6-12-16)23-20-18(15-9-3-1-4-10-15)17-13-7-8-14-19-17;2-1(3,4)8(5,6)7/h1-20H;7-16H,3-6,17-18H2,1-2H3;1-14H,(H,25,26,27);1-14H;(H,5,6,7)/b27-25-,28-26-;23-21-,24-22-;;20-18+;. The fraction of sp³-hybridized carbons (Fsp3) is 0.114. The molecular weight excluding hydrogens is 1860 g/mol. The number of aromatic nitrogens is 1. The van der Waals surface area contributed by atoms with Gasteiger partial charge in [-0.25, -0.2) is 8.42 Å². The summed E-state index contributed by atoms with van der Waals surface area (Å²) in [5, 5.41) is 25.2. The van der Waals surface area contributed by atoms with E-state index in [4.69, 9.17) is 34.4 Å². The molecule has 0 saturated carbocycles. The van der Waals surface area contributed by atoms with E-state index in [1.807, 2.05) is 44.2 Å². The number of oxime groups is 6. The monoisotopic (exact) mass is 1940 g/mol. The highest BCUT2D eigenvalue weighted by Gasteiger charge is 2.37. The van der Waals surface area contributed by atoms with Gasteiger partial charge in [-0.3, -0.25) is 35.5 Å². The number of nitrogens with one attached hydrogen (secondary N) is 1. The molecule has 0 unspecified atom stereocenters. The summed E-state index contributed by atoms with van der Waals surface area (Å²) in [6, 6.07) is 90.3. The van der Waals surface area contributed by atoms with Crippen molar-refractivity contribution in [2.75, 3.05) is 11.5 Å². The molecule has 0 aliphatic rings. The van der Waals surface area contributed by atoms with Crippen LogP contribution in [0.25, 0.3) is 0 Å². The first-order valence-electron chi connectivity index (χ1n) is 38.2. The number of halogens is 6. The Morgan fingerprint density at radius 2 is 0.603 bits per heavy atom. The van der Waals surface area contributed by atoms with Crippen LogP contribution in [0.3, 0.4) is 0 Å². The van der Waals surface area contributed by atoms with E-state index in [0.29, 0.717) is 64.9 Å². The summed E-state index contributed by atoms with van der Waals surface area (Å²) in [6.07, 6.45) is -0.828. The predicted octanol–water partition coefficient (Wildman–Crippen LogP) is 16.3. The van der Waals surface area contributed by atoms with Gasteiger partial charge in [0.2, 0.25) is 0 Å². The van der Waals surface area contributed by atoms with Gasteiger partial charge in [0.15, 0.2) is 16.0 Å². The van der Waals surface area contributed by atoms with Crippen LogP contribution < -0.4 is 5.32 Å². The minimum atomic E-state index is -6.09. The molecule has 1 amide bonds. The van der Waals surface area contributed by atoms with Gasteiger partial charge >= 0.3 is 73.8 Å². The largest absolute Gasteiger partial charge is 1.00 e. The average molecular weight is 1940 g/mol. The number of amidine groups is 1. The maximum atomic E-state index is 13.1. The van der Waals surface area contributed by atoms with Gasteiger partial charge in [-0.1, -0.05) is 313 Å². The van der Waals surface area contributed by atoms with Crippen LogP contribution >= 0.6 is 0 Å². The molecule has 11 aromatic carbocycles. The molecule has 1 N–H and O–H groups in total. The summed E-state index contributed by atoms with van der Waals surface area (Å²) in [6.45, 7) is 3.73. The molecule has 1 heterocycles. The van der Waals surface area contributed by atoms with Crippen LogP contribution in [-0.4, -0.2) is 126 Å². The van der Waals surface area contributed by atoms with E-state index >= 15 is 0 Å². The Kier molecular flexibility index (Phi) is 37.9. The van der Waals surface area contributed by atoms with Gasteiger partial charge in [0.25, 0.3) is 5.91 Å². The Bertz CT molecular complexity index is 6530. The second-order valence-electron chi connectivity index (χ2n) is 26.2. The van der Waals surface area contributed by atoms with E-state index in [1.165, 1.54) is 78.9 Å².